The van der Waals surface area contributed by atoms with Crippen LogP contribution in [0.15, 0.2) is 18.2 Å². The molecule has 0 bridgehead atoms. The van der Waals surface area contributed by atoms with Crippen molar-refractivity contribution in [3.63, 3.8) is 0 Å². The third-order valence-electron chi connectivity index (χ3n) is 1.45. The van der Waals surface area contributed by atoms with Crippen LogP contribution in [0.4, 0.5) is 8.78 Å². The lowest BCUT2D eigenvalue weighted by Gasteiger charge is -2.10. The lowest BCUT2D eigenvalue weighted by molar-refractivity contribution is 0.0172. The molecule has 0 heterocycles. The van der Waals surface area contributed by atoms with Crippen molar-refractivity contribution < 1.29 is 13.9 Å². The molecule has 0 saturated carbocycles. The Morgan fingerprint density at radius 1 is 1.42 bits per heavy atom. The largest absolute Gasteiger partial charge is 0.506 e. The highest BCUT2D eigenvalue weighted by Gasteiger charge is 2.24. The zero-order valence-corrected chi connectivity index (χ0v) is 7.07. The number of phenols is 1. The van der Waals surface area contributed by atoms with Gasteiger partial charge in [-0.2, -0.15) is 0 Å². The molecular weight excluding hydrogens is 186 g/mol. The lowest BCUT2D eigenvalue weighted by Crippen LogP contribution is -2.06. The number of halogens is 3. The molecule has 0 fully saturated rings. The van der Waals surface area contributed by atoms with E-state index in [-0.39, 0.29) is 16.3 Å². The molecule has 0 saturated heterocycles. The van der Waals surface area contributed by atoms with Crippen molar-refractivity contribution in [2.75, 3.05) is 0 Å². The van der Waals surface area contributed by atoms with Crippen LogP contribution >= 0.6 is 11.6 Å². The topological polar surface area (TPSA) is 20.2 Å². The molecule has 4 heteroatoms. The van der Waals surface area contributed by atoms with E-state index in [2.05, 4.69) is 0 Å². The summed E-state index contributed by atoms with van der Waals surface area (Å²) in [6.45, 7) is 0.760. The highest BCUT2D eigenvalue weighted by molar-refractivity contribution is 6.32. The van der Waals surface area contributed by atoms with Crippen molar-refractivity contribution in [3.8, 4) is 5.75 Å². The fourth-order valence-electron chi connectivity index (χ4n) is 0.786. The van der Waals surface area contributed by atoms with E-state index in [4.69, 9.17) is 16.7 Å². The maximum absolute atomic E-state index is 12.6. The second-order valence-corrected chi connectivity index (χ2v) is 2.96. The standard InChI is InChI=1S/C8H7ClF2O/c1-8(10,11)5-2-3-6(9)7(12)4-5/h2-4,12H,1H3. The predicted molar refractivity (Wildman–Crippen MR) is 42.7 cm³/mol. The van der Waals surface area contributed by atoms with Crippen molar-refractivity contribution in [1.82, 2.24) is 0 Å². The number of phenolic OH excluding ortho intramolecular Hbond substituents is 1. The van der Waals surface area contributed by atoms with Gasteiger partial charge in [0.2, 0.25) is 0 Å². The van der Waals surface area contributed by atoms with Crippen molar-refractivity contribution >= 4 is 11.6 Å². The molecule has 0 aliphatic heterocycles. The van der Waals surface area contributed by atoms with Gasteiger partial charge in [-0.25, -0.2) is 8.78 Å². The molecule has 1 aromatic carbocycles. The zero-order chi connectivity index (χ0) is 9.35. The van der Waals surface area contributed by atoms with Crippen LogP contribution in [-0.2, 0) is 5.92 Å². The number of aromatic hydroxyl groups is 1. The van der Waals surface area contributed by atoms with Crippen LogP contribution in [0.2, 0.25) is 5.02 Å². The van der Waals surface area contributed by atoms with E-state index < -0.39 is 5.92 Å². The van der Waals surface area contributed by atoms with Gasteiger partial charge in [0, 0.05) is 12.5 Å². The normalized spacial score (nSPS) is 11.7. The van der Waals surface area contributed by atoms with Gasteiger partial charge >= 0.3 is 0 Å². The van der Waals surface area contributed by atoms with Gasteiger partial charge in [-0.05, 0) is 12.1 Å². The van der Waals surface area contributed by atoms with E-state index in [0.29, 0.717) is 0 Å². The Kier molecular flexibility index (Phi) is 2.24. The third kappa shape index (κ3) is 1.85. The summed E-state index contributed by atoms with van der Waals surface area (Å²) in [5, 5.41) is 9.07. The fourth-order valence-corrected chi connectivity index (χ4v) is 0.903. The number of benzene rings is 1. The monoisotopic (exact) mass is 192 g/mol. The first kappa shape index (κ1) is 9.26. The molecule has 1 rings (SSSR count). The van der Waals surface area contributed by atoms with E-state index in [0.717, 1.165) is 13.0 Å². The minimum absolute atomic E-state index is 0.0722. The Balaban J connectivity index is 3.14. The minimum atomic E-state index is -2.94. The van der Waals surface area contributed by atoms with Gasteiger partial charge in [-0.3, -0.25) is 0 Å². The summed E-state index contributed by atoms with van der Waals surface area (Å²) in [7, 11) is 0. The molecule has 0 spiro atoms. The molecule has 1 nitrogen and oxygen atoms in total. The second kappa shape index (κ2) is 2.90. The summed E-state index contributed by atoms with van der Waals surface area (Å²) in [5.74, 6) is -3.27. The first-order chi connectivity index (χ1) is 5.41. The molecule has 0 atom stereocenters. The van der Waals surface area contributed by atoms with Crippen LogP contribution in [0.1, 0.15) is 12.5 Å². The Labute approximate surface area is 73.6 Å². The highest BCUT2D eigenvalue weighted by Crippen LogP contribution is 2.32. The van der Waals surface area contributed by atoms with Gasteiger partial charge in [0.1, 0.15) is 5.75 Å². The van der Waals surface area contributed by atoms with Crippen molar-refractivity contribution in [3.05, 3.63) is 28.8 Å². The number of alkyl halides is 2. The van der Waals surface area contributed by atoms with Crippen LogP contribution in [0.3, 0.4) is 0 Å². The molecule has 0 unspecified atom stereocenters. The number of rotatable bonds is 1. The van der Waals surface area contributed by atoms with E-state index in [9.17, 15) is 8.78 Å². The van der Waals surface area contributed by atoms with Crippen LogP contribution in [0.5, 0.6) is 5.75 Å². The SMILES string of the molecule is CC(F)(F)c1ccc(Cl)c(O)c1. The van der Waals surface area contributed by atoms with Gasteiger partial charge in [0.15, 0.2) is 0 Å². The summed E-state index contributed by atoms with van der Waals surface area (Å²) >= 11 is 5.44. The zero-order valence-electron chi connectivity index (χ0n) is 6.31. The van der Waals surface area contributed by atoms with Gasteiger partial charge in [-0.15, -0.1) is 0 Å². The summed E-state index contributed by atoms with van der Waals surface area (Å²) < 4.78 is 25.2. The van der Waals surface area contributed by atoms with Crippen molar-refractivity contribution in [2.24, 2.45) is 0 Å². The lowest BCUT2D eigenvalue weighted by atomic mass is 10.1. The number of hydrogen-bond donors (Lipinski definition) is 1. The van der Waals surface area contributed by atoms with E-state index >= 15 is 0 Å². The van der Waals surface area contributed by atoms with E-state index in [1.165, 1.54) is 12.1 Å². The Morgan fingerprint density at radius 2 is 2.00 bits per heavy atom. The highest BCUT2D eigenvalue weighted by atomic mass is 35.5. The molecule has 0 aliphatic rings. The van der Waals surface area contributed by atoms with Crippen molar-refractivity contribution in [2.45, 2.75) is 12.8 Å². The van der Waals surface area contributed by atoms with Gasteiger partial charge in [-0.1, -0.05) is 17.7 Å². The first-order valence-electron chi connectivity index (χ1n) is 3.28. The van der Waals surface area contributed by atoms with Crippen LogP contribution in [0.25, 0.3) is 0 Å². The molecule has 0 radical (unpaired) electrons. The Bertz CT molecular complexity index is 294. The Hall–Kier alpha value is -0.830. The fraction of sp³-hybridized carbons (Fsp3) is 0.250. The smallest absolute Gasteiger partial charge is 0.270 e. The van der Waals surface area contributed by atoms with Crippen LogP contribution in [-0.4, -0.2) is 5.11 Å². The van der Waals surface area contributed by atoms with E-state index in [1.54, 1.807) is 0 Å². The van der Waals surface area contributed by atoms with Gasteiger partial charge < -0.3 is 5.11 Å². The van der Waals surface area contributed by atoms with Gasteiger partial charge in [0.05, 0.1) is 5.02 Å². The molecule has 1 N–H and O–H groups in total. The van der Waals surface area contributed by atoms with Crippen LogP contribution in [0, 0.1) is 0 Å². The summed E-state index contributed by atoms with van der Waals surface area (Å²) in [6.07, 6.45) is 0. The molecule has 1 aromatic rings. The molecule has 0 aromatic heterocycles. The average molecular weight is 193 g/mol. The maximum atomic E-state index is 12.6. The van der Waals surface area contributed by atoms with Gasteiger partial charge in [0.25, 0.3) is 5.92 Å². The maximum Gasteiger partial charge on any atom is 0.270 e. The molecule has 12 heavy (non-hydrogen) atoms. The second-order valence-electron chi connectivity index (χ2n) is 2.55. The van der Waals surface area contributed by atoms with E-state index in [1.807, 2.05) is 0 Å². The minimum Gasteiger partial charge on any atom is -0.506 e. The summed E-state index contributed by atoms with van der Waals surface area (Å²) in [6, 6.07) is 3.38. The number of hydrogen-bond acceptors (Lipinski definition) is 1. The Morgan fingerprint density at radius 3 is 2.42 bits per heavy atom. The first-order valence-corrected chi connectivity index (χ1v) is 3.66. The molecule has 0 amide bonds. The third-order valence-corrected chi connectivity index (χ3v) is 1.77. The summed E-state index contributed by atoms with van der Waals surface area (Å²) in [4.78, 5) is 0. The summed E-state index contributed by atoms with van der Waals surface area (Å²) in [5.41, 5.74) is -0.246. The molecule has 0 aliphatic carbocycles. The van der Waals surface area contributed by atoms with Crippen molar-refractivity contribution in [1.29, 1.82) is 0 Å². The molecule has 66 valence electrons. The van der Waals surface area contributed by atoms with Crippen LogP contribution < -0.4 is 0 Å². The average Bonchev–Trinajstić information content (AvgIpc) is 1.92. The quantitative estimate of drug-likeness (QED) is 0.725. The molecular formula is C8H7ClF2O. The predicted octanol–water partition coefficient (Wildman–Crippen LogP) is 3.16.